The first-order valence-electron chi connectivity index (χ1n) is 8.53. The molecule has 2 heterocycles. The molecule has 1 aromatic heterocycles. The van der Waals surface area contributed by atoms with Gasteiger partial charge in [0, 0.05) is 37.2 Å². The fraction of sp³-hybridized carbons (Fsp3) is 0.588. The second kappa shape index (κ2) is 6.97. The van der Waals surface area contributed by atoms with Crippen molar-refractivity contribution in [2.45, 2.75) is 32.7 Å². The van der Waals surface area contributed by atoms with Gasteiger partial charge in [-0.25, -0.2) is 4.79 Å². The molecule has 0 aliphatic carbocycles. The van der Waals surface area contributed by atoms with E-state index in [2.05, 4.69) is 11.8 Å². The van der Waals surface area contributed by atoms with Gasteiger partial charge in [0.1, 0.15) is 0 Å². The van der Waals surface area contributed by atoms with Gasteiger partial charge in [-0.2, -0.15) is 0 Å². The first kappa shape index (κ1) is 17.6. The average Bonchev–Trinajstić information content (AvgIpc) is 2.90. The Morgan fingerprint density at radius 1 is 1.40 bits per heavy atom. The van der Waals surface area contributed by atoms with E-state index in [0.29, 0.717) is 17.6 Å². The van der Waals surface area contributed by atoms with Gasteiger partial charge in [-0.3, -0.25) is 14.7 Å². The van der Waals surface area contributed by atoms with Gasteiger partial charge >= 0.3 is 5.76 Å². The van der Waals surface area contributed by atoms with E-state index in [4.69, 9.17) is 4.42 Å². The molecule has 0 spiro atoms. The zero-order valence-electron chi connectivity index (χ0n) is 14.3. The number of nitro groups is 1. The van der Waals surface area contributed by atoms with Crippen molar-refractivity contribution in [2.75, 3.05) is 26.2 Å². The molecule has 1 aromatic carbocycles. The molecule has 1 unspecified atom stereocenters. The number of piperidine rings is 1. The smallest absolute Gasteiger partial charge is 0.408 e. The largest absolute Gasteiger partial charge is 0.419 e. The second-order valence-electron chi connectivity index (χ2n) is 7.13. The van der Waals surface area contributed by atoms with Gasteiger partial charge in [-0.1, -0.05) is 6.92 Å². The molecule has 1 aliphatic heterocycles. The molecule has 1 fully saturated rings. The molecule has 2 aromatic rings. The summed E-state index contributed by atoms with van der Waals surface area (Å²) in [6.45, 7) is 5.35. The van der Waals surface area contributed by atoms with Gasteiger partial charge in [0.05, 0.1) is 10.4 Å². The first-order valence-corrected chi connectivity index (χ1v) is 8.53. The second-order valence-corrected chi connectivity index (χ2v) is 7.13. The molecular weight excluding hydrogens is 326 g/mol. The van der Waals surface area contributed by atoms with Gasteiger partial charge in [-0.05, 0) is 38.4 Å². The van der Waals surface area contributed by atoms with Gasteiger partial charge in [0.15, 0.2) is 5.58 Å². The van der Waals surface area contributed by atoms with Crippen molar-refractivity contribution in [3.63, 3.8) is 0 Å². The molecule has 1 N–H and O–H groups in total. The van der Waals surface area contributed by atoms with Crippen LogP contribution < -0.4 is 5.76 Å². The highest BCUT2D eigenvalue weighted by Crippen LogP contribution is 2.28. The third kappa shape index (κ3) is 3.74. The van der Waals surface area contributed by atoms with Crippen LogP contribution in [0.5, 0.6) is 0 Å². The molecule has 1 saturated heterocycles. The Kier molecular flexibility index (Phi) is 4.91. The van der Waals surface area contributed by atoms with E-state index in [9.17, 15) is 20.0 Å². The lowest BCUT2D eigenvalue weighted by molar-refractivity contribution is -0.384. The van der Waals surface area contributed by atoms with Crippen molar-refractivity contribution in [1.82, 2.24) is 9.47 Å². The van der Waals surface area contributed by atoms with E-state index in [1.165, 1.54) is 22.8 Å². The molecule has 3 rings (SSSR count). The number of oxazole rings is 1. The van der Waals surface area contributed by atoms with Crippen molar-refractivity contribution in [3.05, 3.63) is 38.9 Å². The minimum atomic E-state index is -0.491. The number of hydrogen-bond donors (Lipinski definition) is 1. The summed E-state index contributed by atoms with van der Waals surface area (Å²) in [5.74, 6) is -0.491. The lowest BCUT2D eigenvalue weighted by Crippen LogP contribution is -2.44. The lowest BCUT2D eigenvalue weighted by Gasteiger charge is -2.39. The summed E-state index contributed by atoms with van der Waals surface area (Å²) in [5.41, 5.74) is 0.703. The van der Waals surface area contributed by atoms with E-state index in [1.54, 1.807) is 0 Å². The number of fused-ring (bicyclic) bond motifs is 1. The van der Waals surface area contributed by atoms with Crippen LogP contribution in [-0.4, -0.2) is 45.7 Å². The molecule has 0 amide bonds. The van der Waals surface area contributed by atoms with Crippen LogP contribution in [0.15, 0.2) is 27.4 Å². The highest BCUT2D eigenvalue weighted by atomic mass is 16.6. The van der Waals surface area contributed by atoms with Crippen LogP contribution in [0, 0.1) is 15.5 Å². The highest BCUT2D eigenvalue weighted by molar-refractivity contribution is 5.75. The Balaban J connectivity index is 1.69. The van der Waals surface area contributed by atoms with E-state index in [0.717, 1.165) is 38.9 Å². The summed E-state index contributed by atoms with van der Waals surface area (Å²) in [4.78, 5) is 24.8. The lowest BCUT2D eigenvalue weighted by atomic mass is 9.83. The van der Waals surface area contributed by atoms with E-state index in [-0.39, 0.29) is 17.7 Å². The molecule has 0 bridgehead atoms. The molecule has 1 atom stereocenters. The Bertz CT molecular complexity index is 827. The van der Waals surface area contributed by atoms with Gasteiger partial charge in [0.25, 0.3) is 5.69 Å². The molecule has 8 nitrogen and oxygen atoms in total. The summed E-state index contributed by atoms with van der Waals surface area (Å²) >= 11 is 0. The number of benzene rings is 1. The number of nitro benzene ring substituents is 1. The predicted molar refractivity (Wildman–Crippen MR) is 92.6 cm³/mol. The van der Waals surface area contributed by atoms with E-state index < -0.39 is 10.7 Å². The molecule has 8 heteroatoms. The van der Waals surface area contributed by atoms with Crippen LogP contribution in [0.1, 0.15) is 26.2 Å². The van der Waals surface area contributed by atoms with Crippen LogP contribution in [0.4, 0.5) is 5.69 Å². The monoisotopic (exact) mass is 349 g/mol. The molecule has 136 valence electrons. The normalized spacial score (nSPS) is 21.7. The summed E-state index contributed by atoms with van der Waals surface area (Å²) in [7, 11) is 0. The number of hydrogen-bond acceptors (Lipinski definition) is 6. The van der Waals surface area contributed by atoms with Crippen molar-refractivity contribution in [1.29, 1.82) is 0 Å². The van der Waals surface area contributed by atoms with Gasteiger partial charge in [0.2, 0.25) is 0 Å². The number of aliphatic hydroxyl groups is 1. The molecule has 0 saturated carbocycles. The topological polar surface area (TPSA) is 102 Å². The fourth-order valence-corrected chi connectivity index (χ4v) is 3.58. The van der Waals surface area contributed by atoms with Crippen molar-refractivity contribution < 1.29 is 14.4 Å². The summed E-state index contributed by atoms with van der Waals surface area (Å²) in [5, 5.41) is 20.5. The molecule has 0 radical (unpaired) electrons. The van der Waals surface area contributed by atoms with Crippen molar-refractivity contribution in [2.24, 2.45) is 5.41 Å². The molecular formula is C17H23N3O5. The van der Waals surface area contributed by atoms with Crippen molar-refractivity contribution in [3.8, 4) is 0 Å². The van der Waals surface area contributed by atoms with Crippen LogP contribution in [-0.2, 0) is 6.54 Å². The third-order valence-corrected chi connectivity index (χ3v) is 4.96. The van der Waals surface area contributed by atoms with Crippen LogP contribution in [0.25, 0.3) is 11.1 Å². The maximum Gasteiger partial charge on any atom is 0.419 e. The number of aromatic nitrogens is 1. The number of aryl methyl sites for hydroxylation is 1. The Morgan fingerprint density at radius 2 is 2.20 bits per heavy atom. The fourth-order valence-electron chi connectivity index (χ4n) is 3.58. The summed E-state index contributed by atoms with van der Waals surface area (Å²) in [6.07, 6.45) is 2.81. The first-order chi connectivity index (χ1) is 11.9. The quantitative estimate of drug-likeness (QED) is 0.632. The minimum absolute atomic E-state index is 0.0575. The number of non-ortho nitro benzene ring substituents is 1. The number of rotatable bonds is 6. The predicted octanol–water partition coefficient (Wildman–Crippen LogP) is 1.99. The number of likely N-dealkylation sites (tertiary alicyclic amines) is 1. The third-order valence-electron chi connectivity index (χ3n) is 4.96. The van der Waals surface area contributed by atoms with Gasteiger partial charge < -0.3 is 14.4 Å². The zero-order chi connectivity index (χ0) is 18.0. The maximum atomic E-state index is 12.0. The van der Waals surface area contributed by atoms with Gasteiger partial charge in [-0.15, -0.1) is 0 Å². The minimum Gasteiger partial charge on any atom is -0.408 e. The molecule has 25 heavy (non-hydrogen) atoms. The van der Waals surface area contributed by atoms with Crippen LogP contribution in [0.3, 0.4) is 0 Å². The Labute approximate surface area is 144 Å². The van der Waals surface area contributed by atoms with Crippen molar-refractivity contribution >= 4 is 16.8 Å². The summed E-state index contributed by atoms with van der Waals surface area (Å²) in [6, 6.07) is 4.17. The summed E-state index contributed by atoms with van der Waals surface area (Å²) < 4.78 is 6.62. The van der Waals surface area contributed by atoms with E-state index in [1.807, 2.05) is 0 Å². The van der Waals surface area contributed by atoms with Crippen LogP contribution in [0.2, 0.25) is 0 Å². The zero-order valence-corrected chi connectivity index (χ0v) is 14.3. The SMILES string of the molecule is CC1(CO)CCCN(CCCn2c(=O)oc3ccc([N+](=O)[O-])cc32)C1. The average molecular weight is 349 g/mol. The highest BCUT2D eigenvalue weighted by Gasteiger charge is 2.29. The Morgan fingerprint density at radius 3 is 2.92 bits per heavy atom. The Hall–Kier alpha value is -2.19. The number of aliphatic hydroxyl groups excluding tert-OH is 1. The maximum absolute atomic E-state index is 12.0. The standard InChI is InChI=1S/C17H23N3O5/c1-17(12-21)6-2-7-18(11-17)8-3-9-19-14-10-13(20(23)24)4-5-15(14)25-16(19)22/h4-5,10,21H,2-3,6-9,11-12H2,1H3. The number of nitrogens with zero attached hydrogens (tertiary/aromatic N) is 3. The molecule has 1 aliphatic rings. The van der Waals surface area contributed by atoms with E-state index >= 15 is 0 Å². The van der Waals surface area contributed by atoms with Crippen LogP contribution >= 0.6 is 0 Å².